The van der Waals surface area contributed by atoms with Crippen molar-refractivity contribution in [2.45, 2.75) is 24.9 Å². The van der Waals surface area contributed by atoms with Crippen molar-refractivity contribution in [3.05, 3.63) is 83.0 Å². The third-order valence-corrected chi connectivity index (χ3v) is 6.00. The normalized spacial score (nSPS) is 15.1. The summed E-state index contributed by atoms with van der Waals surface area (Å²) >= 11 is 1.31. The van der Waals surface area contributed by atoms with Crippen molar-refractivity contribution in [2.75, 3.05) is 17.3 Å². The van der Waals surface area contributed by atoms with E-state index in [1.54, 1.807) is 0 Å². The molecule has 0 fully saturated rings. The molecular formula is C24H21N3O2S. The molecule has 150 valence electrons. The number of fused-ring (bicyclic) bond motifs is 1. The molecule has 30 heavy (non-hydrogen) atoms. The SMILES string of the molecule is Cc1cc(C)c(C#N)c(SCC(=O)N2c3ccccc3OC[C@@H]2c2ccccc2)n1. The van der Waals surface area contributed by atoms with Crippen LogP contribution in [-0.2, 0) is 4.79 Å². The van der Waals surface area contributed by atoms with Gasteiger partial charge < -0.3 is 4.74 Å². The Balaban J connectivity index is 1.65. The predicted molar refractivity (Wildman–Crippen MR) is 118 cm³/mol. The van der Waals surface area contributed by atoms with E-state index in [-0.39, 0.29) is 17.7 Å². The predicted octanol–water partition coefficient (Wildman–Crippen LogP) is 4.83. The van der Waals surface area contributed by atoms with Crippen molar-refractivity contribution in [3.63, 3.8) is 0 Å². The fourth-order valence-electron chi connectivity index (χ4n) is 3.66. The average Bonchev–Trinajstić information content (AvgIpc) is 2.77. The van der Waals surface area contributed by atoms with Crippen molar-refractivity contribution >= 4 is 23.4 Å². The largest absolute Gasteiger partial charge is 0.489 e. The summed E-state index contributed by atoms with van der Waals surface area (Å²) in [4.78, 5) is 19.7. The highest BCUT2D eigenvalue weighted by atomic mass is 32.2. The highest BCUT2D eigenvalue weighted by Gasteiger charge is 2.33. The highest BCUT2D eigenvalue weighted by molar-refractivity contribution is 8.00. The Morgan fingerprint density at radius 1 is 1.20 bits per heavy atom. The van der Waals surface area contributed by atoms with Gasteiger partial charge in [-0.1, -0.05) is 54.2 Å². The lowest BCUT2D eigenvalue weighted by molar-refractivity contribution is -0.117. The second-order valence-corrected chi connectivity index (χ2v) is 8.09. The molecule has 1 aromatic heterocycles. The number of rotatable bonds is 4. The Morgan fingerprint density at radius 3 is 2.70 bits per heavy atom. The molecule has 0 N–H and O–H groups in total. The third-order valence-electron chi connectivity index (χ3n) is 5.04. The number of aromatic nitrogens is 1. The number of benzene rings is 2. The fourth-order valence-corrected chi connectivity index (χ4v) is 4.62. The maximum atomic E-state index is 13.4. The molecule has 0 saturated carbocycles. The zero-order valence-corrected chi connectivity index (χ0v) is 17.6. The van der Waals surface area contributed by atoms with Gasteiger partial charge in [-0.15, -0.1) is 0 Å². The minimum Gasteiger partial charge on any atom is -0.489 e. The molecule has 3 aromatic rings. The molecule has 1 atom stereocenters. The Hall–Kier alpha value is -3.30. The van der Waals surface area contributed by atoms with Crippen molar-refractivity contribution in [3.8, 4) is 11.8 Å². The molecule has 1 aliphatic heterocycles. The summed E-state index contributed by atoms with van der Waals surface area (Å²) in [6, 6.07) is 21.4. The first kappa shape index (κ1) is 20.0. The van der Waals surface area contributed by atoms with Gasteiger partial charge in [0.1, 0.15) is 23.5 Å². The third kappa shape index (κ3) is 3.89. The van der Waals surface area contributed by atoms with Crippen LogP contribution in [0.2, 0.25) is 0 Å². The van der Waals surface area contributed by atoms with Crippen LogP contribution < -0.4 is 9.64 Å². The van der Waals surface area contributed by atoms with Crippen LogP contribution in [0.3, 0.4) is 0 Å². The fraction of sp³-hybridized carbons (Fsp3) is 0.208. The molecule has 1 aliphatic rings. The maximum Gasteiger partial charge on any atom is 0.238 e. The molecule has 5 nitrogen and oxygen atoms in total. The standard InChI is InChI=1S/C24H21N3O2S/c1-16-12-17(2)26-24(19(16)13-25)30-15-23(28)27-20-10-6-7-11-22(20)29-14-21(27)18-8-4-3-5-9-18/h3-12,21H,14-15H2,1-2H3/t21-/m1/s1. The summed E-state index contributed by atoms with van der Waals surface area (Å²) in [5.41, 5.74) is 4.02. The number of para-hydroxylation sites is 2. The molecule has 2 heterocycles. The molecule has 2 aromatic carbocycles. The second kappa shape index (κ2) is 8.60. The van der Waals surface area contributed by atoms with Crippen LogP contribution in [0.4, 0.5) is 5.69 Å². The van der Waals surface area contributed by atoms with Crippen molar-refractivity contribution in [1.82, 2.24) is 4.98 Å². The smallest absolute Gasteiger partial charge is 0.238 e. The van der Waals surface area contributed by atoms with E-state index >= 15 is 0 Å². The van der Waals surface area contributed by atoms with E-state index < -0.39 is 0 Å². The monoisotopic (exact) mass is 415 g/mol. The van der Waals surface area contributed by atoms with Crippen LogP contribution >= 0.6 is 11.8 Å². The van der Waals surface area contributed by atoms with Gasteiger partial charge in [-0.2, -0.15) is 5.26 Å². The first-order valence-corrected chi connectivity index (χ1v) is 10.7. The number of hydrogen-bond donors (Lipinski definition) is 0. The number of thioether (sulfide) groups is 1. The lowest BCUT2D eigenvalue weighted by atomic mass is 10.0. The van der Waals surface area contributed by atoms with Gasteiger partial charge in [0.2, 0.25) is 5.91 Å². The summed E-state index contributed by atoms with van der Waals surface area (Å²) in [7, 11) is 0. The number of amides is 1. The van der Waals surface area contributed by atoms with Crippen LogP contribution in [0, 0.1) is 25.2 Å². The van der Waals surface area contributed by atoms with E-state index in [9.17, 15) is 10.1 Å². The minimum atomic E-state index is -0.211. The average molecular weight is 416 g/mol. The van der Waals surface area contributed by atoms with E-state index in [1.165, 1.54) is 11.8 Å². The van der Waals surface area contributed by atoms with Crippen LogP contribution in [0.25, 0.3) is 0 Å². The first-order chi connectivity index (χ1) is 14.6. The Labute approximate surface area is 180 Å². The van der Waals surface area contributed by atoms with E-state index in [1.807, 2.05) is 79.4 Å². The molecule has 1 amide bonds. The molecule has 0 spiro atoms. The first-order valence-electron chi connectivity index (χ1n) is 9.68. The van der Waals surface area contributed by atoms with Gasteiger partial charge in [0, 0.05) is 5.69 Å². The van der Waals surface area contributed by atoms with Gasteiger partial charge in [-0.05, 0) is 43.2 Å². The molecule has 0 unspecified atom stereocenters. The molecule has 6 heteroatoms. The number of carbonyl (C=O) groups excluding carboxylic acids is 1. The lowest BCUT2D eigenvalue weighted by Gasteiger charge is -2.37. The Kier molecular flexibility index (Phi) is 5.73. The number of anilines is 1. The van der Waals surface area contributed by atoms with Gasteiger partial charge in [0.25, 0.3) is 0 Å². The maximum absolute atomic E-state index is 13.4. The molecule has 0 aliphatic carbocycles. The number of pyridine rings is 1. The molecule has 0 radical (unpaired) electrons. The van der Waals surface area contributed by atoms with Crippen LogP contribution in [0.5, 0.6) is 5.75 Å². The Bertz CT molecular complexity index is 1130. The summed E-state index contributed by atoms with van der Waals surface area (Å²) in [5.74, 6) is 0.835. The number of carbonyl (C=O) groups is 1. The molecular weight excluding hydrogens is 394 g/mol. The van der Waals surface area contributed by atoms with Crippen LogP contribution in [-0.4, -0.2) is 23.3 Å². The zero-order chi connectivity index (χ0) is 21.1. The topological polar surface area (TPSA) is 66.2 Å². The molecule has 0 saturated heterocycles. The van der Waals surface area contributed by atoms with E-state index in [0.717, 1.165) is 22.5 Å². The quantitative estimate of drug-likeness (QED) is 0.571. The van der Waals surface area contributed by atoms with Gasteiger partial charge in [-0.25, -0.2) is 4.98 Å². The number of aryl methyl sites for hydroxylation is 2. The van der Waals surface area contributed by atoms with Crippen molar-refractivity contribution in [2.24, 2.45) is 0 Å². The number of ether oxygens (including phenoxy) is 1. The van der Waals surface area contributed by atoms with E-state index in [2.05, 4.69) is 11.1 Å². The van der Waals surface area contributed by atoms with E-state index in [0.29, 0.717) is 22.9 Å². The van der Waals surface area contributed by atoms with Crippen molar-refractivity contribution in [1.29, 1.82) is 5.26 Å². The Morgan fingerprint density at radius 2 is 1.93 bits per heavy atom. The summed E-state index contributed by atoms with van der Waals surface area (Å²) < 4.78 is 5.95. The van der Waals surface area contributed by atoms with Gasteiger partial charge in [0.05, 0.1) is 23.0 Å². The zero-order valence-electron chi connectivity index (χ0n) is 16.8. The second-order valence-electron chi connectivity index (χ2n) is 7.13. The summed E-state index contributed by atoms with van der Waals surface area (Å²) in [6.07, 6.45) is 0. The minimum absolute atomic E-state index is 0.0468. The van der Waals surface area contributed by atoms with Gasteiger partial charge >= 0.3 is 0 Å². The van der Waals surface area contributed by atoms with Gasteiger partial charge in [-0.3, -0.25) is 9.69 Å². The van der Waals surface area contributed by atoms with Gasteiger partial charge in [0.15, 0.2) is 0 Å². The number of nitrogens with zero attached hydrogens (tertiary/aromatic N) is 3. The lowest BCUT2D eigenvalue weighted by Crippen LogP contribution is -2.42. The number of nitriles is 1. The molecule has 0 bridgehead atoms. The summed E-state index contributed by atoms with van der Waals surface area (Å²) in [6.45, 7) is 4.18. The van der Waals surface area contributed by atoms with Crippen LogP contribution in [0.1, 0.15) is 28.4 Å². The number of hydrogen-bond acceptors (Lipinski definition) is 5. The molecule has 4 rings (SSSR count). The van der Waals surface area contributed by atoms with Crippen LogP contribution in [0.15, 0.2) is 65.7 Å². The van der Waals surface area contributed by atoms with Crippen molar-refractivity contribution < 1.29 is 9.53 Å². The summed E-state index contributed by atoms with van der Waals surface area (Å²) in [5, 5.41) is 10.1. The highest BCUT2D eigenvalue weighted by Crippen LogP contribution is 2.40. The van der Waals surface area contributed by atoms with E-state index in [4.69, 9.17) is 4.74 Å².